The van der Waals surface area contributed by atoms with Crippen LogP contribution in [0.1, 0.15) is 0 Å². The van der Waals surface area contributed by atoms with Crippen molar-refractivity contribution < 1.29 is 8.83 Å². The van der Waals surface area contributed by atoms with Crippen LogP contribution in [0, 0.1) is 0 Å². The molecule has 3 heteroatoms. The summed E-state index contributed by atoms with van der Waals surface area (Å²) >= 11 is 0. The van der Waals surface area contributed by atoms with E-state index in [1.807, 2.05) is 24.3 Å². The van der Waals surface area contributed by atoms with E-state index in [2.05, 4.69) is 205 Å². The molecule has 0 fully saturated rings. The molecule has 0 aliphatic carbocycles. The lowest BCUT2D eigenvalue weighted by atomic mass is 9.91. The first-order chi connectivity index (χ1) is 30.3. The summed E-state index contributed by atoms with van der Waals surface area (Å²) in [5.41, 5.74) is 15.8. The van der Waals surface area contributed by atoms with Crippen LogP contribution in [0.3, 0.4) is 0 Å². The molecule has 0 atom stereocenters. The lowest BCUT2D eigenvalue weighted by Gasteiger charge is -2.28. The molecule has 2 aromatic heterocycles. The van der Waals surface area contributed by atoms with Crippen LogP contribution in [0.4, 0.5) is 17.1 Å². The van der Waals surface area contributed by atoms with E-state index in [1.165, 1.54) is 27.5 Å². The number of hydrogen-bond acceptors (Lipinski definition) is 3. The van der Waals surface area contributed by atoms with E-state index in [1.54, 1.807) is 0 Å². The van der Waals surface area contributed by atoms with Gasteiger partial charge in [-0.1, -0.05) is 182 Å². The van der Waals surface area contributed by atoms with Gasteiger partial charge >= 0.3 is 0 Å². The number of anilines is 3. The van der Waals surface area contributed by atoms with E-state index in [9.17, 15) is 0 Å². The molecule has 0 unspecified atom stereocenters. The molecule has 12 rings (SSSR count). The zero-order valence-electron chi connectivity index (χ0n) is 33.1. The molecule has 0 radical (unpaired) electrons. The van der Waals surface area contributed by atoms with Crippen LogP contribution >= 0.6 is 0 Å². The van der Waals surface area contributed by atoms with Gasteiger partial charge in [-0.15, -0.1) is 0 Å². The van der Waals surface area contributed by atoms with Gasteiger partial charge in [0.1, 0.15) is 22.3 Å². The van der Waals surface area contributed by atoms with E-state index in [-0.39, 0.29) is 0 Å². The van der Waals surface area contributed by atoms with Crippen LogP contribution in [0.2, 0.25) is 0 Å². The molecule has 0 aliphatic heterocycles. The van der Waals surface area contributed by atoms with Gasteiger partial charge in [0.05, 0.1) is 5.69 Å². The van der Waals surface area contributed by atoms with Crippen molar-refractivity contribution in [1.29, 1.82) is 0 Å². The van der Waals surface area contributed by atoms with E-state index in [0.29, 0.717) is 0 Å². The summed E-state index contributed by atoms with van der Waals surface area (Å²) in [6.45, 7) is 0. The highest BCUT2D eigenvalue weighted by molar-refractivity contribution is 6.12. The average Bonchev–Trinajstić information content (AvgIpc) is 3.91. The third-order valence-corrected chi connectivity index (χ3v) is 12.1. The van der Waals surface area contributed by atoms with Gasteiger partial charge in [-0.2, -0.15) is 0 Å². The molecule has 2 heterocycles. The largest absolute Gasteiger partial charge is 0.455 e. The molecule has 0 saturated heterocycles. The third kappa shape index (κ3) is 5.82. The fourth-order valence-corrected chi connectivity index (χ4v) is 9.27. The lowest BCUT2D eigenvalue weighted by molar-refractivity contribution is 0.669. The van der Waals surface area contributed by atoms with Crippen molar-refractivity contribution in [3.05, 3.63) is 224 Å². The summed E-state index contributed by atoms with van der Waals surface area (Å²) in [7, 11) is 0. The lowest BCUT2D eigenvalue weighted by Crippen LogP contribution is -2.11. The van der Waals surface area contributed by atoms with Crippen molar-refractivity contribution in [1.82, 2.24) is 0 Å². The number of fused-ring (bicyclic) bond motifs is 7. The second kappa shape index (κ2) is 14.3. The van der Waals surface area contributed by atoms with E-state index < -0.39 is 0 Å². The van der Waals surface area contributed by atoms with Gasteiger partial charge in [0, 0.05) is 49.6 Å². The fourth-order valence-electron chi connectivity index (χ4n) is 9.27. The van der Waals surface area contributed by atoms with Gasteiger partial charge in [-0.05, 0) is 81.1 Å². The second-order valence-corrected chi connectivity index (χ2v) is 15.6. The smallest absolute Gasteiger partial charge is 0.143 e. The Labute approximate surface area is 353 Å². The van der Waals surface area contributed by atoms with Crippen molar-refractivity contribution in [3.8, 4) is 44.5 Å². The number of benzene rings is 10. The van der Waals surface area contributed by atoms with E-state index in [4.69, 9.17) is 8.83 Å². The number of furan rings is 2. The molecule has 10 aromatic carbocycles. The first-order valence-corrected chi connectivity index (χ1v) is 20.7. The quantitative estimate of drug-likeness (QED) is 0.161. The summed E-state index contributed by atoms with van der Waals surface area (Å²) in [4.78, 5) is 2.36. The summed E-state index contributed by atoms with van der Waals surface area (Å²) in [5, 5.41) is 6.95. The van der Waals surface area contributed by atoms with E-state index >= 15 is 0 Å². The molecule has 0 bridgehead atoms. The van der Waals surface area contributed by atoms with Gasteiger partial charge in [0.25, 0.3) is 0 Å². The summed E-state index contributed by atoms with van der Waals surface area (Å²) in [5.74, 6) is 0. The minimum absolute atomic E-state index is 0.880. The normalized spacial score (nSPS) is 11.6. The summed E-state index contributed by atoms with van der Waals surface area (Å²) < 4.78 is 13.1. The molecule has 0 spiro atoms. The maximum atomic E-state index is 6.62. The van der Waals surface area contributed by atoms with Gasteiger partial charge in [0.2, 0.25) is 0 Å². The van der Waals surface area contributed by atoms with Crippen molar-refractivity contribution in [2.75, 3.05) is 4.90 Å². The Morgan fingerprint density at radius 2 is 0.689 bits per heavy atom. The van der Waals surface area contributed by atoms with Crippen LogP contribution in [0.5, 0.6) is 0 Å². The predicted octanol–water partition coefficient (Wildman–Crippen LogP) is 16.8. The second-order valence-electron chi connectivity index (χ2n) is 15.6. The molecule has 0 N–H and O–H groups in total. The Hall–Kier alpha value is -8.14. The number of para-hydroxylation sites is 5. The first-order valence-electron chi connectivity index (χ1n) is 20.7. The van der Waals surface area contributed by atoms with Crippen LogP contribution < -0.4 is 4.90 Å². The SMILES string of the molecule is c1ccc(-c2cccc3ccccc23)c(-c2ccc(N(c3ccc(-c4cccc5c4oc4ccccc45)cc3)c3ccccc3-c3cccc4c3oc3ccccc34)cc2)c1. The van der Waals surface area contributed by atoms with E-state index in [0.717, 1.165) is 88.8 Å². The van der Waals surface area contributed by atoms with Crippen molar-refractivity contribution in [2.45, 2.75) is 0 Å². The standard InChI is InChI=1S/C58H37NO2/c1-2-16-43-38(14-1)15-11-23-47(43)46-18-4-3-17-44(46)39-30-34-41(35-31-39)59(42-36-32-40(33-37-42)45-22-12-25-52-49-20-6-9-28-55(49)60-57(45)52)54-27-8-5-19-48(54)51-24-13-26-53-50-21-7-10-29-56(50)61-58(51)53/h1-37H. The van der Waals surface area contributed by atoms with Crippen molar-refractivity contribution >= 4 is 71.7 Å². The average molecular weight is 780 g/mol. The first kappa shape index (κ1) is 34.9. The topological polar surface area (TPSA) is 29.5 Å². The summed E-state index contributed by atoms with van der Waals surface area (Å²) in [6.07, 6.45) is 0. The van der Waals surface area contributed by atoms with Gasteiger partial charge in [0.15, 0.2) is 0 Å². The molecule has 0 aliphatic rings. The Balaban J connectivity index is 1.01. The fraction of sp³-hybridized carbons (Fsp3) is 0. The number of hydrogen-bond donors (Lipinski definition) is 0. The highest BCUT2D eigenvalue weighted by atomic mass is 16.3. The van der Waals surface area contributed by atoms with Crippen LogP contribution in [-0.4, -0.2) is 0 Å². The molecular weight excluding hydrogens is 743 g/mol. The Bertz CT molecular complexity index is 3590. The Morgan fingerprint density at radius 3 is 1.36 bits per heavy atom. The van der Waals surface area contributed by atoms with Crippen molar-refractivity contribution in [2.24, 2.45) is 0 Å². The van der Waals surface area contributed by atoms with Crippen LogP contribution in [-0.2, 0) is 0 Å². The summed E-state index contributed by atoms with van der Waals surface area (Å²) in [6, 6.07) is 79.9. The van der Waals surface area contributed by atoms with Crippen molar-refractivity contribution in [3.63, 3.8) is 0 Å². The Morgan fingerprint density at radius 1 is 0.262 bits per heavy atom. The zero-order chi connectivity index (χ0) is 40.3. The molecule has 0 amide bonds. The molecule has 61 heavy (non-hydrogen) atoms. The number of rotatable bonds is 7. The highest BCUT2D eigenvalue weighted by Gasteiger charge is 2.21. The van der Waals surface area contributed by atoms with Gasteiger partial charge in [-0.25, -0.2) is 0 Å². The Kier molecular flexibility index (Phi) is 8.17. The number of nitrogens with zero attached hydrogens (tertiary/aromatic N) is 1. The van der Waals surface area contributed by atoms with Gasteiger partial charge in [-0.3, -0.25) is 0 Å². The maximum absolute atomic E-state index is 6.62. The van der Waals surface area contributed by atoms with Crippen LogP contribution in [0.25, 0.3) is 99.2 Å². The highest BCUT2D eigenvalue weighted by Crippen LogP contribution is 2.46. The molecule has 0 saturated carbocycles. The third-order valence-electron chi connectivity index (χ3n) is 12.1. The monoisotopic (exact) mass is 779 g/mol. The maximum Gasteiger partial charge on any atom is 0.143 e. The van der Waals surface area contributed by atoms with Crippen LogP contribution in [0.15, 0.2) is 233 Å². The zero-order valence-corrected chi connectivity index (χ0v) is 33.1. The van der Waals surface area contributed by atoms with Gasteiger partial charge < -0.3 is 13.7 Å². The molecule has 12 aromatic rings. The molecule has 286 valence electrons. The minimum atomic E-state index is 0.880. The molecular formula is C58H37NO2. The molecule has 3 nitrogen and oxygen atoms in total. The minimum Gasteiger partial charge on any atom is -0.455 e. The predicted molar refractivity (Wildman–Crippen MR) is 255 cm³/mol.